The number of hydrogen-bond donors (Lipinski definition) is 1. The van der Waals surface area contributed by atoms with Crippen LogP contribution in [0.15, 0.2) is 24.5 Å². The first-order valence-electron chi connectivity index (χ1n) is 9.03. The highest BCUT2D eigenvalue weighted by Crippen LogP contribution is 2.37. The van der Waals surface area contributed by atoms with Gasteiger partial charge >= 0.3 is 6.09 Å². The number of benzene rings is 1. The van der Waals surface area contributed by atoms with Crippen LogP contribution in [0.25, 0.3) is 10.9 Å². The molecular formula is C19H24N4O3. The molecule has 1 aromatic carbocycles. The van der Waals surface area contributed by atoms with Crippen molar-refractivity contribution in [2.45, 2.75) is 51.3 Å². The van der Waals surface area contributed by atoms with E-state index in [-0.39, 0.29) is 24.1 Å². The average Bonchev–Trinajstić information content (AvgIpc) is 3.15. The summed E-state index contributed by atoms with van der Waals surface area (Å²) < 4.78 is 5.56. The Morgan fingerprint density at radius 2 is 1.96 bits per heavy atom. The second-order valence-corrected chi connectivity index (χ2v) is 7.98. The molecule has 7 nitrogen and oxygen atoms in total. The first kappa shape index (κ1) is 16.9. The van der Waals surface area contributed by atoms with E-state index >= 15 is 0 Å². The fourth-order valence-electron chi connectivity index (χ4n) is 4.06. The van der Waals surface area contributed by atoms with Crippen molar-refractivity contribution in [1.82, 2.24) is 14.9 Å². The van der Waals surface area contributed by atoms with E-state index in [0.29, 0.717) is 11.9 Å². The lowest BCUT2D eigenvalue weighted by Gasteiger charge is -2.29. The second kappa shape index (κ2) is 6.00. The van der Waals surface area contributed by atoms with Gasteiger partial charge in [0.15, 0.2) is 0 Å². The minimum atomic E-state index is -0.483. The highest BCUT2D eigenvalue weighted by molar-refractivity contribution is 5.86. The molecule has 2 unspecified atom stereocenters. The monoisotopic (exact) mass is 356 g/mol. The van der Waals surface area contributed by atoms with Crippen molar-refractivity contribution in [2.24, 2.45) is 0 Å². The molecule has 26 heavy (non-hydrogen) atoms. The number of aromatic nitrogens is 2. The van der Waals surface area contributed by atoms with Crippen LogP contribution in [0.3, 0.4) is 0 Å². The van der Waals surface area contributed by atoms with Gasteiger partial charge < -0.3 is 19.6 Å². The zero-order valence-corrected chi connectivity index (χ0v) is 15.3. The zero-order chi connectivity index (χ0) is 18.5. The highest BCUT2D eigenvalue weighted by atomic mass is 16.6. The summed E-state index contributed by atoms with van der Waals surface area (Å²) in [5, 5.41) is 10.7. The number of anilines is 1. The molecule has 0 spiro atoms. The van der Waals surface area contributed by atoms with E-state index in [1.165, 1.54) is 6.33 Å². The summed E-state index contributed by atoms with van der Waals surface area (Å²) in [5.74, 6) is -0.00518. The largest absolute Gasteiger partial charge is 0.493 e. The number of rotatable bonds is 1. The number of fused-ring (bicyclic) bond motifs is 2. The van der Waals surface area contributed by atoms with Gasteiger partial charge in [-0.1, -0.05) is 0 Å². The molecule has 1 amide bonds. The van der Waals surface area contributed by atoms with Crippen LogP contribution in [0.4, 0.5) is 10.5 Å². The predicted octanol–water partition coefficient (Wildman–Crippen LogP) is 2.92. The number of ether oxygens (including phenoxy) is 1. The molecule has 2 aromatic rings. The Kier molecular flexibility index (Phi) is 3.89. The summed E-state index contributed by atoms with van der Waals surface area (Å²) in [4.78, 5) is 24.7. The van der Waals surface area contributed by atoms with Crippen LogP contribution in [-0.2, 0) is 4.74 Å². The van der Waals surface area contributed by atoms with Crippen LogP contribution in [-0.4, -0.2) is 56.8 Å². The molecule has 4 rings (SSSR count). The highest BCUT2D eigenvalue weighted by Gasteiger charge is 2.45. The van der Waals surface area contributed by atoms with Crippen molar-refractivity contribution in [3.8, 4) is 5.88 Å². The molecule has 2 atom stereocenters. The summed E-state index contributed by atoms with van der Waals surface area (Å²) in [5.41, 5.74) is 1.27. The maximum atomic E-state index is 12.5. The van der Waals surface area contributed by atoms with E-state index < -0.39 is 5.60 Å². The number of nitrogens with zero attached hydrogens (tertiary/aromatic N) is 4. The lowest BCUT2D eigenvalue weighted by molar-refractivity contribution is 0.0228. The van der Waals surface area contributed by atoms with Gasteiger partial charge in [0.05, 0.1) is 23.0 Å². The first-order valence-corrected chi connectivity index (χ1v) is 9.03. The smallest absolute Gasteiger partial charge is 0.410 e. The van der Waals surface area contributed by atoms with Gasteiger partial charge in [-0.15, -0.1) is 0 Å². The fraction of sp³-hybridized carbons (Fsp3) is 0.526. The van der Waals surface area contributed by atoms with Crippen LogP contribution >= 0.6 is 0 Å². The summed E-state index contributed by atoms with van der Waals surface area (Å²) in [6.45, 7) is 7.26. The predicted molar refractivity (Wildman–Crippen MR) is 98.3 cm³/mol. The summed E-state index contributed by atoms with van der Waals surface area (Å²) in [6.07, 6.45) is 2.97. The van der Waals surface area contributed by atoms with Gasteiger partial charge in [0.25, 0.3) is 0 Å². The number of likely N-dealkylation sites (tertiary alicyclic amines) is 1. The SMILES string of the molecule is CC(C)(C)OC(=O)N1CCC2C1CCN2c1ccc2ncnc(O)c2c1. The molecule has 138 valence electrons. The van der Waals surface area contributed by atoms with E-state index in [1.807, 2.05) is 43.9 Å². The minimum Gasteiger partial charge on any atom is -0.493 e. The second-order valence-electron chi connectivity index (χ2n) is 7.98. The molecule has 1 N–H and O–H groups in total. The molecule has 2 saturated heterocycles. The Balaban J connectivity index is 1.56. The van der Waals surface area contributed by atoms with E-state index in [4.69, 9.17) is 4.74 Å². The molecule has 0 radical (unpaired) electrons. The van der Waals surface area contributed by atoms with Crippen LogP contribution in [0.1, 0.15) is 33.6 Å². The van der Waals surface area contributed by atoms with Crippen LogP contribution < -0.4 is 4.90 Å². The van der Waals surface area contributed by atoms with E-state index in [9.17, 15) is 9.90 Å². The molecule has 0 bridgehead atoms. The molecule has 3 heterocycles. The van der Waals surface area contributed by atoms with Crippen LogP contribution in [0.5, 0.6) is 5.88 Å². The van der Waals surface area contributed by atoms with Crippen LogP contribution in [0.2, 0.25) is 0 Å². The van der Waals surface area contributed by atoms with Gasteiger partial charge in [-0.2, -0.15) is 0 Å². The quantitative estimate of drug-likeness (QED) is 0.846. The number of aromatic hydroxyl groups is 1. The van der Waals surface area contributed by atoms with Crippen molar-refractivity contribution < 1.29 is 14.6 Å². The number of carbonyl (C=O) groups is 1. The number of carbonyl (C=O) groups excluding carboxylic acids is 1. The van der Waals surface area contributed by atoms with Crippen LogP contribution in [0, 0.1) is 0 Å². The zero-order valence-electron chi connectivity index (χ0n) is 15.3. The summed E-state index contributed by atoms with van der Waals surface area (Å²) >= 11 is 0. The average molecular weight is 356 g/mol. The van der Waals surface area contributed by atoms with Crippen molar-refractivity contribution in [1.29, 1.82) is 0 Å². The first-order chi connectivity index (χ1) is 12.3. The summed E-state index contributed by atoms with van der Waals surface area (Å²) in [6, 6.07) is 6.30. The lowest BCUT2D eigenvalue weighted by atomic mass is 10.1. The van der Waals surface area contributed by atoms with Gasteiger partial charge in [0.2, 0.25) is 5.88 Å². The molecule has 2 aliphatic heterocycles. The Hall–Kier alpha value is -2.57. The van der Waals surface area contributed by atoms with Crippen molar-refractivity contribution in [2.75, 3.05) is 18.0 Å². The van der Waals surface area contributed by atoms with E-state index in [0.717, 1.165) is 30.6 Å². The molecule has 0 aliphatic carbocycles. The van der Waals surface area contributed by atoms with Gasteiger partial charge in [0, 0.05) is 18.8 Å². The Bertz CT molecular complexity index is 848. The molecule has 0 saturated carbocycles. The molecule has 2 fully saturated rings. The lowest BCUT2D eigenvalue weighted by Crippen LogP contribution is -2.42. The normalized spacial score (nSPS) is 22.7. The third-order valence-electron chi connectivity index (χ3n) is 5.13. The molecule has 7 heteroatoms. The van der Waals surface area contributed by atoms with Crippen molar-refractivity contribution in [3.05, 3.63) is 24.5 Å². The van der Waals surface area contributed by atoms with E-state index in [1.54, 1.807) is 0 Å². The molecular weight excluding hydrogens is 332 g/mol. The summed E-state index contributed by atoms with van der Waals surface area (Å²) in [7, 11) is 0. The maximum Gasteiger partial charge on any atom is 0.410 e. The fourth-order valence-corrected chi connectivity index (χ4v) is 4.06. The van der Waals surface area contributed by atoms with Gasteiger partial charge in [-0.3, -0.25) is 0 Å². The maximum absolute atomic E-state index is 12.5. The Morgan fingerprint density at radius 3 is 2.73 bits per heavy atom. The van der Waals surface area contributed by atoms with Gasteiger partial charge in [0.1, 0.15) is 11.9 Å². The van der Waals surface area contributed by atoms with Gasteiger partial charge in [-0.05, 0) is 51.8 Å². The van der Waals surface area contributed by atoms with Crippen molar-refractivity contribution >= 4 is 22.7 Å². The van der Waals surface area contributed by atoms with E-state index in [2.05, 4.69) is 14.9 Å². The van der Waals surface area contributed by atoms with Crippen molar-refractivity contribution in [3.63, 3.8) is 0 Å². The third-order valence-corrected chi connectivity index (χ3v) is 5.13. The Morgan fingerprint density at radius 1 is 1.19 bits per heavy atom. The minimum absolute atomic E-state index is 0.00518. The standard InChI is InChI=1S/C19H24N4O3/c1-19(2,3)26-18(25)23-9-7-15-16(23)6-8-22(15)12-4-5-14-13(10-12)17(24)21-11-20-14/h4-5,10-11,15-16H,6-9H2,1-3H3,(H,20,21,24). The molecule has 2 aliphatic rings. The number of amides is 1. The number of hydrogen-bond acceptors (Lipinski definition) is 6. The van der Waals surface area contributed by atoms with Gasteiger partial charge in [-0.25, -0.2) is 14.8 Å². The Labute approximate surface area is 152 Å². The third kappa shape index (κ3) is 2.91. The molecule has 1 aromatic heterocycles. The topological polar surface area (TPSA) is 78.8 Å².